The molecule has 0 spiro atoms. The van der Waals surface area contributed by atoms with Crippen molar-refractivity contribution in [2.24, 2.45) is 0 Å². The molecule has 166 valence electrons. The Kier molecular flexibility index (Phi) is 6.84. The minimum atomic E-state index is -0.829. The van der Waals surface area contributed by atoms with Crippen LogP contribution in [0.3, 0.4) is 0 Å². The van der Waals surface area contributed by atoms with Crippen molar-refractivity contribution in [1.29, 1.82) is 0 Å². The van der Waals surface area contributed by atoms with Crippen molar-refractivity contribution in [2.45, 2.75) is 44.2 Å². The van der Waals surface area contributed by atoms with Crippen molar-refractivity contribution in [3.8, 4) is 5.69 Å². The van der Waals surface area contributed by atoms with Crippen LogP contribution in [0.4, 0.5) is 4.79 Å². The summed E-state index contributed by atoms with van der Waals surface area (Å²) in [4.78, 5) is 25.5. The normalized spacial score (nSPS) is 14.6. The molecule has 1 aromatic heterocycles. The van der Waals surface area contributed by atoms with Crippen molar-refractivity contribution < 1.29 is 9.59 Å². The molecular weight excluding hydrogens is 402 g/mol. The first kappa shape index (κ1) is 21.6. The van der Waals surface area contributed by atoms with E-state index in [0.29, 0.717) is 25.9 Å². The Balaban J connectivity index is 1.27. The molecule has 3 N–H and O–H groups in total. The zero-order chi connectivity index (χ0) is 22.2. The quantitative estimate of drug-likeness (QED) is 0.511. The number of nitrogens with one attached hydrogen (secondary N) is 3. The third-order valence-electron chi connectivity index (χ3n) is 5.94. The molecule has 7 heteroatoms. The molecule has 1 aliphatic carbocycles. The van der Waals surface area contributed by atoms with Gasteiger partial charge in [-0.05, 0) is 48.6 Å². The SMILES string of the molecule is O=C(NCc1ccccc1)NC1(C(=O)NCCc2ccc(-n3cccn3)cc2)CCCC1. The average molecular weight is 432 g/mol. The zero-order valence-corrected chi connectivity index (χ0v) is 18.1. The van der Waals surface area contributed by atoms with Crippen LogP contribution in [0.2, 0.25) is 0 Å². The van der Waals surface area contributed by atoms with Gasteiger partial charge in [-0.25, -0.2) is 9.48 Å². The Morgan fingerprint density at radius 3 is 2.34 bits per heavy atom. The number of carbonyl (C=O) groups is 2. The summed E-state index contributed by atoms with van der Waals surface area (Å²) < 4.78 is 1.81. The van der Waals surface area contributed by atoms with E-state index in [4.69, 9.17) is 0 Å². The van der Waals surface area contributed by atoms with Crippen LogP contribution in [-0.4, -0.2) is 33.8 Å². The lowest BCUT2D eigenvalue weighted by Gasteiger charge is -2.29. The van der Waals surface area contributed by atoms with Crippen LogP contribution in [0.15, 0.2) is 73.1 Å². The van der Waals surface area contributed by atoms with Crippen molar-refractivity contribution in [3.63, 3.8) is 0 Å². The maximum atomic E-state index is 13.0. The number of rotatable bonds is 8. The Morgan fingerprint density at radius 2 is 1.66 bits per heavy atom. The predicted octanol–water partition coefficient (Wildman–Crippen LogP) is 3.34. The molecule has 1 heterocycles. The van der Waals surface area contributed by atoms with E-state index < -0.39 is 5.54 Å². The van der Waals surface area contributed by atoms with E-state index in [1.54, 1.807) is 6.20 Å². The first-order chi connectivity index (χ1) is 15.6. The molecule has 4 rings (SSSR count). The highest BCUT2D eigenvalue weighted by Crippen LogP contribution is 2.30. The van der Waals surface area contributed by atoms with Gasteiger partial charge in [0, 0.05) is 25.5 Å². The minimum absolute atomic E-state index is 0.0991. The molecule has 1 aliphatic rings. The highest BCUT2D eigenvalue weighted by atomic mass is 16.2. The van der Waals surface area contributed by atoms with Gasteiger partial charge in [0.25, 0.3) is 0 Å². The first-order valence-electron chi connectivity index (χ1n) is 11.1. The van der Waals surface area contributed by atoms with Crippen LogP contribution in [0.25, 0.3) is 5.69 Å². The molecule has 32 heavy (non-hydrogen) atoms. The van der Waals surface area contributed by atoms with Gasteiger partial charge in [0.2, 0.25) is 5.91 Å². The van der Waals surface area contributed by atoms with Crippen molar-refractivity contribution in [3.05, 3.63) is 84.2 Å². The van der Waals surface area contributed by atoms with Gasteiger partial charge in [0.15, 0.2) is 0 Å². The van der Waals surface area contributed by atoms with Gasteiger partial charge in [0.05, 0.1) is 5.69 Å². The molecule has 3 aromatic rings. The van der Waals surface area contributed by atoms with E-state index in [-0.39, 0.29) is 11.9 Å². The molecular formula is C25H29N5O2. The fourth-order valence-electron chi connectivity index (χ4n) is 4.15. The number of hydrogen-bond acceptors (Lipinski definition) is 3. The third kappa shape index (κ3) is 5.35. The van der Waals surface area contributed by atoms with E-state index in [1.807, 2.05) is 71.5 Å². The number of amides is 3. The predicted molar refractivity (Wildman–Crippen MR) is 123 cm³/mol. The molecule has 0 radical (unpaired) electrons. The summed E-state index contributed by atoms with van der Waals surface area (Å²) in [5.74, 6) is -0.0991. The smallest absolute Gasteiger partial charge is 0.315 e. The summed E-state index contributed by atoms with van der Waals surface area (Å²) in [5, 5.41) is 13.1. The second kappa shape index (κ2) is 10.1. The van der Waals surface area contributed by atoms with E-state index >= 15 is 0 Å². The molecule has 1 saturated carbocycles. The Bertz CT molecular complexity index is 1010. The molecule has 0 unspecified atom stereocenters. The zero-order valence-electron chi connectivity index (χ0n) is 18.1. The Hall–Kier alpha value is -3.61. The topological polar surface area (TPSA) is 88.0 Å². The number of hydrogen-bond donors (Lipinski definition) is 3. The summed E-state index contributed by atoms with van der Waals surface area (Å²) >= 11 is 0. The van der Waals surface area contributed by atoms with E-state index in [1.165, 1.54) is 0 Å². The van der Waals surface area contributed by atoms with Crippen LogP contribution in [0.1, 0.15) is 36.8 Å². The molecule has 0 atom stereocenters. The number of aromatic nitrogens is 2. The number of urea groups is 1. The largest absolute Gasteiger partial charge is 0.354 e. The van der Waals surface area contributed by atoms with Gasteiger partial charge in [-0.3, -0.25) is 4.79 Å². The molecule has 1 fully saturated rings. The van der Waals surface area contributed by atoms with Crippen LogP contribution in [0.5, 0.6) is 0 Å². The lowest BCUT2D eigenvalue weighted by Crippen LogP contribution is -2.59. The van der Waals surface area contributed by atoms with E-state index in [9.17, 15) is 9.59 Å². The van der Waals surface area contributed by atoms with Crippen LogP contribution in [0, 0.1) is 0 Å². The fourth-order valence-corrected chi connectivity index (χ4v) is 4.15. The first-order valence-corrected chi connectivity index (χ1v) is 11.1. The maximum Gasteiger partial charge on any atom is 0.315 e. The summed E-state index contributed by atoms with van der Waals surface area (Å²) in [5.41, 5.74) is 2.32. The Morgan fingerprint density at radius 1 is 0.906 bits per heavy atom. The number of carbonyl (C=O) groups excluding carboxylic acids is 2. The lowest BCUT2D eigenvalue weighted by atomic mass is 9.96. The summed E-state index contributed by atoms with van der Waals surface area (Å²) in [6.45, 7) is 0.952. The standard InChI is InChI=1S/C25H29N5O2/c31-23(26-17-13-20-9-11-22(12-10-20)30-18-6-16-28-30)25(14-4-5-15-25)29-24(32)27-19-21-7-2-1-3-8-21/h1-3,6-12,16,18H,4-5,13-15,17,19H2,(H,26,31)(H2,27,29,32). The summed E-state index contributed by atoms with van der Waals surface area (Å²) in [7, 11) is 0. The van der Waals surface area contributed by atoms with Gasteiger partial charge < -0.3 is 16.0 Å². The van der Waals surface area contributed by atoms with Crippen molar-refractivity contribution in [2.75, 3.05) is 6.54 Å². The van der Waals surface area contributed by atoms with E-state index in [2.05, 4.69) is 21.0 Å². The van der Waals surface area contributed by atoms with Crippen LogP contribution >= 0.6 is 0 Å². The third-order valence-corrected chi connectivity index (χ3v) is 5.94. The molecule has 0 aliphatic heterocycles. The van der Waals surface area contributed by atoms with Crippen molar-refractivity contribution in [1.82, 2.24) is 25.7 Å². The summed E-state index contributed by atoms with van der Waals surface area (Å²) in [6.07, 6.45) is 7.56. The minimum Gasteiger partial charge on any atom is -0.354 e. The highest BCUT2D eigenvalue weighted by Gasteiger charge is 2.42. The van der Waals surface area contributed by atoms with E-state index in [0.717, 1.165) is 36.1 Å². The maximum absolute atomic E-state index is 13.0. The van der Waals surface area contributed by atoms with Crippen LogP contribution < -0.4 is 16.0 Å². The van der Waals surface area contributed by atoms with Gasteiger partial charge in [-0.15, -0.1) is 0 Å². The van der Waals surface area contributed by atoms with Gasteiger partial charge in [-0.2, -0.15) is 5.10 Å². The monoisotopic (exact) mass is 431 g/mol. The highest BCUT2D eigenvalue weighted by molar-refractivity contribution is 5.91. The molecule has 0 saturated heterocycles. The van der Waals surface area contributed by atoms with Gasteiger partial charge >= 0.3 is 6.03 Å². The molecule has 7 nitrogen and oxygen atoms in total. The lowest BCUT2D eigenvalue weighted by molar-refractivity contribution is -0.127. The van der Waals surface area contributed by atoms with Crippen LogP contribution in [-0.2, 0) is 17.8 Å². The van der Waals surface area contributed by atoms with Gasteiger partial charge in [0.1, 0.15) is 5.54 Å². The fraction of sp³-hybridized carbons (Fsp3) is 0.320. The van der Waals surface area contributed by atoms with Gasteiger partial charge in [-0.1, -0.05) is 55.3 Å². The average Bonchev–Trinajstić information content (AvgIpc) is 3.52. The second-order valence-corrected chi connectivity index (χ2v) is 8.21. The molecule has 2 aromatic carbocycles. The summed E-state index contributed by atoms with van der Waals surface area (Å²) in [6, 6.07) is 19.4. The number of nitrogens with zero attached hydrogens (tertiary/aromatic N) is 2. The second-order valence-electron chi connectivity index (χ2n) is 8.21. The molecule has 3 amide bonds. The Labute approximate surface area is 188 Å². The molecule has 0 bridgehead atoms. The van der Waals surface area contributed by atoms with Crippen molar-refractivity contribution >= 4 is 11.9 Å². The number of benzene rings is 2.